The summed E-state index contributed by atoms with van der Waals surface area (Å²) in [6.07, 6.45) is 20.3. The Morgan fingerprint density at radius 3 is 2.07 bits per heavy atom. The van der Waals surface area contributed by atoms with Crippen molar-refractivity contribution >= 4 is 0 Å². The Hall–Kier alpha value is -0.780. The molecule has 0 heteroatoms. The molecule has 0 saturated carbocycles. The van der Waals surface area contributed by atoms with E-state index in [1.165, 1.54) is 44.9 Å². The normalized spacial score (nSPS) is 27.9. The van der Waals surface area contributed by atoms with E-state index in [1.54, 1.807) is 5.57 Å². The van der Waals surface area contributed by atoms with Crippen molar-refractivity contribution in [2.24, 2.45) is 0 Å². The molecular formula is C14H22. The van der Waals surface area contributed by atoms with Crippen LogP contribution >= 0.6 is 0 Å². The second-order valence-corrected chi connectivity index (χ2v) is 3.85. The molecule has 78 valence electrons. The molecule has 0 spiro atoms. The predicted octanol–water partition coefficient (Wildman–Crippen LogP) is 4.79. The van der Waals surface area contributed by atoms with Gasteiger partial charge in [0.15, 0.2) is 0 Å². The molecule has 1 aliphatic rings. The molecule has 1 aliphatic carbocycles. The monoisotopic (exact) mass is 190 g/mol. The fourth-order valence-corrected chi connectivity index (χ4v) is 1.74. The Balaban J connectivity index is 2.47. The summed E-state index contributed by atoms with van der Waals surface area (Å²) in [7, 11) is 0. The van der Waals surface area contributed by atoms with Crippen LogP contribution in [0.15, 0.2) is 36.0 Å². The van der Waals surface area contributed by atoms with Crippen LogP contribution in [-0.4, -0.2) is 0 Å². The fraction of sp³-hybridized carbons (Fsp3) is 0.571. The molecule has 0 amide bonds. The standard InChI is InChI=1S/C14H22/c1-2-14-12-10-8-6-4-3-5-7-9-11-13-14/h4,6-7,9,12H,2-3,5,8,10-11,13H2,1H3/b6-4-,9-7-,14-12-. The number of hydrogen-bond donors (Lipinski definition) is 0. The zero-order valence-electron chi connectivity index (χ0n) is 9.34. The van der Waals surface area contributed by atoms with Crippen molar-refractivity contribution < 1.29 is 0 Å². The third-order valence-electron chi connectivity index (χ3n) is 2.69. The van der Waals surface area contributed by atoms with Crippen molar-refractivity contribution in [3.05, 3.63) is 36.0 Å². The van der Waals surface area contributed by atoms with Gasteiger partial charge in [0.05, 0.1) is 0 Å². The quantitative estimate of drug-likeness (QED) is 0.521. The molecule has 0 heterocycles. The first-order valence-electron chi connectivity index (χ1n) is 5.91. The Bertz CT molecular complexity index is 218. The number of rotatable bonds is 1. The first-order valence-corrected chi connectivity index (χ1v) is 5.91. The highest BCUT2D eigenvalue weighted by Gasteiger charge is 1.93. The Morgan fingerprint density at radius 2 is 1.43 bits per heavy atom. The molecule has 0 bridgehead atoms. The van der Waals surface area contributed by atoms with E-state index in [4.69, 9.17) is 0 Å². The van der Waals surface area contributed by atoms with Crippen LogP contribution in [0, 0.1) is 0 Å². The van der Waals surface area contributed by atoms with Crippen LogP contribution in [0.1, 0.15) is 51.9 Å². The van der Waals surface area contributed by atoms with Gasteiger partial charge < -0.3 is 0 Å². The van der Waals surface area contributed by atoms with Crippen molar-refractivity contribution in [2.75, 3.05) is 0 Å². The topological polar surface area (TPSA) is 0 Å². The molecule has 0 nitrogen and oxygen atoms in total. The minimum atomic E-state index is 1.21. The van der Waals surface area contributed by atoms with Crippen molar-refractivity contribution in [2.45, 2.75) is 51.9 Å². The molecule has 0 aliphatic heterocycles. The Labute approximate surface area is 88.4 Å². The van der Waals surface area contributed by atoms with Crippen molar-refractivity contribution in [1.29, 1.82) is 0 Å². The Morgan fingerprint density at radius 1 is 0.857 bits per heavy atom. The van der Waals surface area contributed by atoms with E-state index in [2.05, 4.69) is 37.3 Å². The van der Waals surface area contributed by atoms with Gasteiger partial charge in [-0.15, -0.1) is 0 Å². The molecule has 0 aromatic heterocycles. The van der Waals surface area contributed by atoms with Crippen LogP contribution in [-0.2, 0) is 0 Å². The van der Waals surface area contributed by atoms with E-state index < -0.39 is 0 Å². The van der Waals surface area contributed by atoms with Crippen molar-refractivity contribution in [3.8, 4) is 0 Å². The smallest absolute Gasteiger partial charge is 0.0286 e. The molecule has 0 saturated heterocycles. The van der Waals surface area contributed by atoms with Crippen LogP contribution in [0.2, 0.25) is 0 Å². The maximum Gasteiger partial charge on any atom is -0.0286 e. The summed E-state index contributed by atoms with van der Waals surface area (Å²) >= 11 is 0. The minimum Gasteiger partial charge on any atom is -0.0882 e. The molecule has 0 N–H and O–H groups in total. The van der Waals surface area contributed by atoms with E-state index in [9.17, 15) is 0 Å². The van der Waals surface area contributed by atoms with Crippen molar-refractivity contribution in [1.82, 2.24) is 0 Å². The van der Waals surface area contributed by atoms with Gasteiger partial charge in [0.1, 0.15) is 0 Å². The summed E-state index contributed by atoms with van der Waals surface area (Å²) in [6, 6.07) is 0. The molecule has 14 heavy (non-hydrogen) atoms. The maximum absolute atomic E-state index is 2.43. The largest absolute Gasteiger partial charge is 0.0882 e. The molecule has 0 atom stereocenters. The average molecular weight is 190 g/mol. The van der Waals surface area contributed by atoms with Gasteiger partial charge in [0.25, 0.3) is 0 Å². The highest BCUT2D eigenvalue weighted by molar-refractivity contribution is 5.04. The lowest BCUT2D eigenvalue weighted by Gasteiger charge is -2.02. The molecule has 0 unspecified atom stereocenters. The van der Waals surface area contributed by atoms with E-state index >= 15 is 0 Å². The predicted molar refractivity (Wildman–Crippen MR) is 64.4 cm³/mol. The molecule has 0 fully saturated rings. The highest BCUT2D eigenvalue weighted by Crippen LogP contribution is 2.13. The van der Waals surface area contributed by atoms with Gasteiger partial charge in [0, 0.05) is 0 Å². The third kappa shape index (κ3) is 5.06. The summed E-state index contributed by atoms with van der Waals surface area (Å²) in [5, 5.41) is 0. The second kappa shape index (κ2) is 7.61. The lowest BCUT2D eigenvalue weighted by molar-refractivity contribution is 0.874. The summed E-state index contributed by atoms with van der Waals surface area (Å²) in [5.41, 5.74) is 1.63. The van der Waals surface area contributed by atoms with Crippen molar-refractivity contribution in [3.63, 3.8) is 0 Å². The van der Waals surface area contributed by atoms with Gasteiger partial charge in [0.2, 0.25) is 0 Å². The van der Waals surface area contributed by atoms with Crippen LogP contribution in [0.4, 0.5) is 0 Å². The lowest BCUT2D eigenvalue weighted by atomic mass is 10.0. The van der Waals surface area contributed by atoms with E-state index in [0.29, 0.717) is 0 Å². The van der Waals surface area contributed by atoms with E-state index in [0.717, 1.165) is 0 Å². The highest BCUT2D eigenvalue weighted by atomic mass is 14.0. The molecule has 0 aromatic rings. The number of hydrogen-bond acceptors (Lipinski definition) is 0. The van der Waals surface area contributed by atoms with Gasteiger partial charge in [-0.25, -0.2) is 0 Å². The zero-order chi connectivity index (χ0) is 10.1. The van der Waals surface area contributed by atoms with Gasteiger partial charge in [-0.1, -0.05) is 42.9 Å². The van der Waals surface area contributed by atoms with Gasteiger partial charge in [-0.2, -0.15) is 0 Å². The maximum atomic E-state index is 2.43. The fourth-order valence-electron chi connectivity index (χ4n) is 1.74. The minimum absolute atomic E-state index is 1.21. The molecule has 0 radical (unpaired) electrons. The van der Waals surface area contributed by atoms with E-state index in [-0.39, 0.29) is 0 Å². The summed E-state index contributed by atoms with van der Waals surface area (Å²) in [4.78, 5) is 0. The Kier molecular flexibility index (Phi) is 6.14. The van der Waals surface area contributed by atoms with Gasteiger partial charge in [-0.05, 0) is 44.9 Å². The van der Waals surface area contributed by atoms with Gasteiger partial charge >= 0.3 is 0 Å². The van der Waals surface area contributed by atoms with Gasteiger partial charge in [-0.3, -0.25) is 0 Å². The third-order valence-corrected chi connectivity index (χ3v) is 2.69. The number of allylic oxidation sites excluding steroid dienone is 6. The summed E-state index contributed by atoms with van der Waals surface area (Å²) < 4.78 is 0. The second-order valence-electron chi connectivity index (χ2n) is 3.85. The van der Waals surface area contributed by atoms with E-state index in [1.807, 2.05) is 0 Å². The van der Waals surface area contributed by atoms with Crippen LogP contribution in [0.25, 0.3) is 0 Å². The lowest BCUT2D eigenvalue weighted by Crippen LogP contribution is -1.82. The summed E-state index contributed by atoms with van der Waals surface area (Å²) in [5.74, 6) is 0. The zero-order valence-corrected chi connectivity index (χ0v) is 9.34. The first-order chi connectivity index (χ1) is 6.93. The van der Waals surface area contributed by atoms with Crippen LogP contribution in [0.3, 0.4) is 0 Å². The molecular weight excluding hydrogens is 168 g/mol. The average Bonchev–Trinajstić information content (AvgIpc) is 2.19. The molecule has 0 aromatic carbocycles. The SMILES string of the molecule is CC/C1=C/CC/C=C\CC/C=C\CC1. The molecule has 1 rings (SSSR count). The summed E-state index contributed by atoms with van der Waals surface area (Å²) in [6.45, 7) is 2.26. The van der Waals surface area contributed by atoms with Crippen LogP contribution in [0.5, 0.6) is 0 Å². The first kappa shape index (κ1) is 11.3. The van der Waals surface area contributed by atoms with Crippen LogP contribution < -0.4 is 0 Å².